The first-order valence-electron chi connectivity index (χ1n) is 5.53. The summed E-state index contributed by atoms with van der Waals surface area (Å²) in [4.78, 5) is 16.8. The van der Waals surface area contributed by atoms with Crippen molar-refractivity contribution >= 4 is 39.8 Å². The lowest BCUT2D eigenvalue weighted by atomic mass is 10.1. The highest BCUT2D eigenvalue weighted by Gasteiger charge is 2.15. The predicted molar refractivity (Wildman–Crippen MR) is 77.0 cm³/mol. The van der Waals surface area contributed by atoms with E-state index in [2.05, 4.69) is 4.98 Å². The molecule has 5 heteroatoms. The van der Waals surface area contributed by atoms with Crippen LogP contribution in [0.15, 0.2) is 41.8 Å². The van der Waals surface area contributed by atoms with Crippen molar-refractivity contribution in [1.82, 2.24) is 4.98 Å². The number of aromatic carboxylic acids is 1. The van der Waals surface area contributed by atoms with Crippen molar-refractivity contribution in [3.63, 3.8) is 0 Å². The Balaban J connectivity index is 2.38. The Morgan fingerprint density at radius 3 is 2.79 bits per heavy atom. The highest BCUT2D eigenvalue weighted by atomic mass is 35.5. The predicted octanol–water partition coefficient (Wildman–Crippen LogP) is 4.31. The van der Waals surface area contributed by atoms with Gasteiger partial charge in [0.25, 0.3) is 0 Å². The van der Waals surface area contributed by atoms with Crippen LogP contribution in [0, 0.1) is 0 Å². The van der Waals surface area contributed by atoms with Crippen LogP contribution < -0.4 is 0 Å². The average molecular weight is 290 g/mol. The lowest BCUT2D eigenvalue weighted by molar-refractivity contribution is 0.0699. The lowest BCUT2D eigenvalue weighted by Crippen LogP contribution is -2.00. The van der Waals surface area contributed by atoms with Gasteiger partial charge in [-0.2, -0.15) is 0 Å². The van der Waals surface area contributed by atoms with Gasteiger partial charge in [-0.3, -0.25) is 0 Å². The number of rotatable bonds is 2. The molecule has 3 aromatic rings. The van der Waals surface area contributed by atoms with Crippen molar-refractivity contribution in [3.8, 4) is 10.6 Å². The van der Waals surface area contributed by atoms with Crippen LogP contribution in [0.4, 0.5) is 0 Å². The van der Waals surface area contributed by atoms with Crippen molar-refractivity contribution in [2.24, 2.45) is 0 Å². The maximum atomic E-state index is 11.4. The Hall–Kier alpha value is -1.91. The number of pyridine rings is 1. The second-order valence-electron chi connectivity index (χ2n) is 3.97. The van der Waals surface area contributed by atoms with Gasteiger partial charge in [-0.25, -0.2) is 9.78 Å². The van der Waals surface area contributed by atoms with E-state index in [1.54, 1.807) is 24.3 Å². The van der Waals surface area contributed by atoms with Crippen LogP contribution >= 0.6 is 22.9 Å². The van der Waals surface area contributed by atoms with Gasteiger partial charge >= 0.3 is 5.97 Å². The molecule has 0 aliphatic heterocycles. The summed E-state index contributed by atoms with van der Waals surface area (Å²) in [5.74, 6) is -1.00. The fraction of sp³-hybridized carbons (Fsp3) is 0. The van der Waals surface area contributed by atoms with Gasteiger partial charge in [0.05, 0.1) is 26.7 Å². The number of carboxylic acids is 1. The zero-order valence-corrected chi connectivity index (χ0v) is 11.2. The van der Waals surface area contributed by atoms with Gasteiger partial charge in [0.15, 0.2) is 0 Å². The zero-order valence-electron chi connectivity index (χ0n) is 9.63. The third-order valence-corrected chi connectivity index (χ3v) is 3.99. The minimum Gasteiger partial charge on any atom is -0.478 e. The van der Waals surface area contributed by atoms with Gasteiger partial charge in [0.2, 0.25) is 0 Å². The van der Waals surface area contributed by atoms with E-state index in [4.69, 9.17) is 11.6 Å². The van der Waals surface area contributed by atoms with Crippen LogP contribution in [-0.4, -0.2) is 16.1 Å². The molecule has 0 amide bonds. The number of halogens is 1. The summed E-state index contributed by atoms with van der Waals surface area (Å²) in [7, 11) is 0. The first kappa shape index (κ1) is 12.1. The summed E-state index contributed by atoms with van der Waals surface area (Å²) in [6.07, 6.45) is 0. The van der Waals surface area contributed by atoms with E-state index >= 15 is 0 Å². The number of aromatic nitrogens is 1. The number of hydrogen-bond donors (Lipinski definition) is 1. The molecular weight excluding hydrogens is 282 g/mol. The maximum Gasteiger partial charge on any atom is 0.336 e. The number of hydrogen-bond acceptors (Lipinski definition) is 3. The number of nitrogens with zero attached hydrogens (tertiary/aromatic N) is 1. The van der Waals surface area contributed by atoms with E-state index in [1.807, 2.05) is 17.5 Å². The maximum absolute atomic E-state index is 11.4. The van der Waals surface area contributed by atoms with Crippen molar-refractivity contribution in [1.29, 1.82) is 0 Å². The minimum absolute atomic E-state index is 0.180. The topological polar surface area (TPSA) is 50.2 Å². The quantitative estimate of drug-likeness (QED) is 0.764. The van der Waals surface area contributed by atoms with Gasteiger partial charge in [-0.1, -0.05) is 23.7 Å². The molecule has 0 aliphatic carbocycles. The summed E-state index contributed by atoms with van der Waals surface area (Å²) in [5, 5.41) is 12.2. The number of benzene rings is 1. The SMILES string of the molecule is O=C(O)c1cc(-c2cccs2)nc2cccc(Cl)c12. The Kier molecular flexibility index (Phi) is 2.97. The molecule has 1 N–H and O–H groups in total. The van der Waals surface area contributed by atoms with Crippen LogP contribution in [-0.2, 0) is 0 Å². The minimum atomic E-state index is -1.00. The second-order valence-corrected chi connectivity index (χ2v) is 5.33. The van der Waals surface area contributed by atoms with Crippen molar-refractivity contribution in [2.45, 2.75) is 0 Å². The van der Waals surface area contributed by atoms with Crippen LogP contribution in [0.1, 0.15) is 10.4 Å². The van der Waals surface area contributed by atoms with E-state index < -0.39 is 5.97 Å². The van der Waals surface area contributed by atoms with Crippen LogP contribution in [0.5, 0.6) is 0 Å². The zero-order chi connectivity index (χ0) is 13.4. The molecule has 2 aromatic heterocycles. The molecule has 0 aliphatic rings. The smallest absolute Gasteiger partial charge is 0.336 e. The molecule has 0 atom stereocenters. The number of carboxylic acid groups (broad SMARTS) is 1. The van der Waals surface area contributed by atoms with Crippen molar-refractivity contribution < 1.29 is 9.90 Å². The summed E-state index contributed by atoms with van der Waals surface area (Å²) in [5.41, 5.74) is 1.43. The molecule has 3 rings (SSSR count). The fourth-order valence-electron chi connectivity index (χ4n) is 1.96. The first-order valence-corrected chi connectivity index (χ1v) is 6.79. The lowest BCUT2D eigenvalue weighted by Gasteiger charge is -2.07. The normalized spacial score (nSPS) is 10.8. The van der Waals surface area contributed by atoms with Gasteiger partial charge in [0.1, 0.15) is 0 Å². The molecular formula is C14H8ClNO2S. The van der Waals surface area contributed by atoms with Crippen LogP contribution in [0.3, 0.4) is 0 Å². The molecule has 0 saturated heterocycles. The third kappa shape index (κ3) is 2.09. The molecule has 2 heterocycles. The van der Waals surface area contributed by atoms with Crippen LogP contribution in [0.25, 0.3) is 21.5 Å². The molecule has 0 saturated carbocycles. The number of fused-ring (bicyclic) bond motifs is 1. The molecule has 19 heavy (non-hydrogen) atoms. The van der Waals surface area contributed by atoms with E-state index in [1.165, 1.54) is 11.3 Å². The Bertz CT molecular complexity index is 768. The highest BCUT2D eigenvalue weighted by molar-refractivity contribution is 7.13. The van der Waals surface area contributed by atoms with E-state index in [0.29, 0.717) is 21.6 Å². The molecule has 1 aromatic carbocycles. The largest absolute Gasteiger partial charge is 0.478 e. The third-order valence-electron chi connectivity index (χ3n) is 2.79. The summed E-state index contributed by atoms with van der Waals surface area (Å²) >= 11 is 7.60. The van der Waals surface area contributed by atoms with Gasteiger partial charge in [-0.05, 0) is 29.6 Å². The van der Waals surface area contributed by atoms with Gasteiger partial charge in [-0.15, -0.1) is 11.3 Å². The molecule has 0 fully saturated rings. The molecule has 94 valence electrons. The molecule has 0 radical (unpaired) electrons. The van der Waals surface area contributed by atoms with E-state index in [-0.39, 0.29) is 5.56 Å². The number of carbonyl (C=O) groups is 1. The standard InChI is InChI=1S/C14H8ClNO2S/c15-9-3-1-4-10-13(9)8(14(17)18)7-11(16-10)12-5-2-6-19-12/h1-7H,(H,17,18). The Labute approximate surface area is 118 Å². The van der Waals surface area contributed by atoms with E-state index in [0.717, 1.165) is 4.88 Å². The molecule has 0 unspecified atom stereocenters. The van der Waals surface area contributed by atoms with Crippen LogP contribution in [0.2, 0.25) is 5.02 Å². The summed E-state index contributed by atoms with van der Waals surface area (Å²) in [6.45, 7) is 0. The van der Waals surface area contributed by atoms with Gasteiger partial charge in [0, 0.05) is 5.39 Å². The molecule has 3 nitrogen and oxygen atoms in total. The number of thiophene rings is 1. The Morgan fingerprint density at radius 2 is 2.11 bits per heavy atom. The summed E-state index contributed by atoms with van der Waals surface area (Å²) in [6, 6.07) is 10.6. The summed E-state index contributed by atoms with van der Waals surface area (Å²) < 4.78 is 0. The monoisotopic (exact) mass is 289 g/mol. The van der Waals surface area contributed by atoms with Crippen molar-refractivity contribution in [2.75, 3.05) is 0 Å². The fourth-order valence-corrected chi connectivity index (χ4v) is 2.92. The van der Waals surface area contributed by atoms with Gasteiger partial charge < -0.3 is 5.11 Å². The van der Waals surface area contributed by atoms with Crippen molar-refractivity contribution in [3.05, 3.63) is 52.4 Å². The molecule has 0 spiro atoms. The van der Waals surface area contributed by atoms with E-state index in [9.17, 15) is 9.90 Å². The average Bonchev–Trinajstić information content (AvgIpc) is 2.91. The second kappa shape index (κ2) is 4.64. The Morgan fingerprint density at radius 1 is 1.26 bits per heavy atom. The first-order chi connectivity index (χ1) is 9.16. The molecule has 0 bridgehead atoms. The highest BCUT2D eigenvalue weighted by Crippen LogP contribution is 2.31.